The topological polar surface area (TPSA) is 112 Å². The van der Waals surface area contributed by atoms with E-state index in [9.17, 15) is 4.79 Å². The summed E-state index contributed by atoms with van der Waals surface area (Å²) in [6, 6.07) is 0. The molecular weight excluding hydrogens is 172 g/mol. The van der Waals surface area contributed by atoms with E-state index in [4.69, 9.17) is 11.5 Å². The van der Waals surface area contributed by atoms with Gasteiger partial charge in [-0.25, -0.2) is 4.98 Å². The van der Waals surface area contributed by atoms with Gasteiger partial charge in [0.05, 0.1) is 6.20 Å². The molecule has 2 heterocycles. The van der Waals surface area contributed by atoms with Crippen molar-refractivity contribution in [2.75, 3.05) is 5.73 Å². The molecule has 0 aliphatic rings. The van der Waals surface area contributed by atoms with Gasteiger partial charge in [-0.3, -0.25) is 4.79 Å². The maximum Gasteiger partial charge on any atom is 0.256 e. The molecule has 0 aromatic carbocycles. The molecule has 0 aliphatic heterocycles. The summed E-state index contributed by atoms with van der Waals surface area (Å²) >= 11 is 0. The Balaban J connectivity index is 2.86. The number of anilines is 1. The SMILES string of the molecule is NC(=O)c1c(N)nn2nccnc12. The molecule has 13 heavy (non-hydrogen) atoms. The molecule has 2 aromatic heterocycles. The number of amides is 1. The van der Waals surface area contributed by atoms with Crippen LogP contribution in [0.5, 0.6) is 0 Å². The van der Waals surface area contributed by atoms with Gasteiger partial charge < -0.3 is 11.5 Å². The van der Waals surface area contributed by atoms with Crippen LogP contribution in [0.4, 0.5) is 5.82 Å². The highest BCUT2D eigenvalue weighted by Gasteiger charge is 2.16. The molecule has 0 atom stereocenters. The highest BCUT2D eigenvalue weighted by atomic mass is 16.1. The Kier molecular flexibility index (Phi) is 1.38. The van der Waals surface area contributed by atoms with Crippen molar-refractivity contribution in [3.05, 3.63) is 18.0 Å². The summed E-state index contributed by atoms with van der Waals surface area (Å²) in [5.41, 5.74) is 10.9. The van der Waals surface area contributed by atoms with Gasteiger partial charge in [0.1, 0.15) is 5.56 Å². The third-order valence-corrected chi connectivity index (χ3v) is 1.56. The molecule has 2 rings (SSSR count). The summed E-state index contributed by atoms with van der Waals surface area (Å²) in [7, 11) is 0. The second kappa shape index (κ2) is 2.41. The molecule has 0 spiro atoms. The number of primary amides is 1. The lowest BCUT2D eigenvalue weighted by Gasteiger charge is -1.90. The highest BCUT2D eigenvalue weighted by Crippen LogP contribution is 2.12. The third kappa shape index (κ3) is 0.975. The van der Waals surface area contributed by atoms with Crippen LogP contribution in [0.2, 0.25) is 0 Å². The molecule has 4 N–H and O–H groups in total. The van der Waals surface area contributed by atoms with Crippen LogP contribution in [0.15, 0.2) is 12.4 Å². The number of fused-ring (bicyclic) bond motifs is 1. The van der Waals surface area contributed by atoms with Gasteiger partial charge in [-0.05, 0) is 0 Å². The van der Waals surface area contributed by atoms with Crippen LogP contribution in [0.1, 0.15) is 10.4 Å². The molecule has 7 heteroatoms. The van der Waals surface area contributed by atoms with E-state index in [2.05, 4.69) is 15.2 Å². The maximum atomic E-state index is 10.9. The van der Waals surface area contributed by atoms with Crippen molar-refractivity contribution < 1.29 is 4.79 Å². The van der Waals surface area contributed by atoms with Crippen LogP contribution >= 0.6 is 0 Å². The standard InChI is InChI=1S/C6H6N6O/c7-4-3(5(8)13)6-9-1-2-10-12(6)11-4/h1-2H,(H2,7,11)(H2,8,13). The minimum Gasteiger partial charge on any atom is -0.381 e. The Morgan fingerprint density at radius 3 is 2.92 bits per heavy atom. The predicted octanol–water partition coefficient (Wildman–Crippen LogP) is -1.19. The third-order valence-electron chi connectivity index (χ3n) is 1.56. The van der Waals surface area contributed by atoms with Crippen LogP contribution in [0.3, 0.4) is 0 Å². The van der Waals surface area contributed by atoms with Gasteiger partial charge in [-0.1, -0.05) is 0 Å². The van der Waals surface area contributed by atoms with Gasteiger partial charge in [0.15, 0.2) is 11.5 Å². The zero-order valence-electron chi connectivity index (χ0n) is 6.51. The van der Waals surface area contributed by atoms with Gasteiger partial charge in [0.25, 0.3) is 5.91 Å². The molecule has 0 saturated heterocycles. The van der Waals surface area contributed by atoms with Crippen LogP contribution in [-0.2, 0) is 0 Å². The number of nitrogen functional groups attached to an aromatic ring is 1. The second-order valence-corrected chi connectivity index (χ2v) is 2.38. The Hall–Kier alpha value is -2.18. The van der Waals surface area contributed by atoms with Crippen LogP contribution in [0, 0.1) is 0 Å². The fourth-order valence-electron chi connectivity index (χ4n) is 1.04. The number of nitrogens with zero attached hydrogens (tertiary/aromatic N) is 4. The Bertz CT molecular complexity index is 475. The summed E-state index contributed by atoms with van der Waals surface area (Å²) in [6.45, 7) is 0. The Morgan fingerprint density at radius 1 is 1.46 bits per heavy atom. The molecule has 0 aliphatic carbocycles. The van der Waals surface area contributed by atoms with Crippen LogP contribution < -0.4 is 11.5 Å². The monoisotopic (exact) mass is 178 g/mol. The molecule has 0 unspecified atom stereocenters. The summed E-state index contributed by atoms with van der Waals surface area (Å²) in [5, 5.41) is 7.55. The minimum atomic E-state index is -0.659. The van der Waals surface area contributed by atoms with E-state index in [1.807, 2.05) is 0 Å². The predicted molar refractivity (Wildman–Crippen MR) is 43.7 cm³/mol. The lowest BCUT2D eigenvalue weighted by atomic mass is 10.3. The van der Waals surface area contributed by atoms with Gasteiger partial charge in [-0.2, -0.15) is 5.10 Å². The average molecular weight is 178 g/mol. The van der Waals surface area contributed by atoms with Crippen molar-refractivity contribution in [2.24, 2.45) is 5.73 Å². The van der Waals surface area contributed by atoms with Crippen molar-refractivity contribution in [2.45, 2.75) is 0 Å². The number of rotatable bonds is 1. The van der Waals surface area contributed by atoms with Crippen LogP contribution in [0.25, 0.3) is 5.65 Å². The van der Waals surface area contributed by atoms with Gasteiger partial charge in [-0.15, -0.1) is 9.73 Å². The number of aromatic nitrogens is 4. The number of carbonyl (C=O) groups is 1. The smallest absolute Gasteiger partial charge is 0.256 e. The summed E-state index contributed by atoms with van der Waals surface area (Å²) in [4.78, 5) is 14.8. The zero-order valence-corrected chi connectivity index (χ0v) is 6.51. The summed E-state index contributed by atoms with van der Waals surface area (Å²) in [5.74, 6) is -0.619. The summed E-state index contributed by atoms with van der Waals surface area (Å²) in [6.07, 6.45) is 2.87. The van der Waals surface area contributed by atoms with E-state index in [1.165, 1.54) is 12.4 Å². The molecule has 0 bridgehead atoms. The van der Waals surface area contributed by atoms with Gasteiger partial charge in [0, 0.05) is 6.20 Å². The van der Waals surface area contributed by atoms with Crippen molar-refractivity contribution in [3.63, 3.8) is 0 Å². The number of nitrogens with two attached hydrogens (primary N) is 2. The first kappa shape index (κ1) is 7.47. The number of hydrogen-bond donors (Lipinski definition) is 2. The fourth-order valence-corrected chi connectivity index (χ4v) is 1.04. The van der Waals surface area contributed by atoms with E-state index in [0.29, 0.717) is 0 Å². The first-order valence-corrected chi connectivity index (χ1v) is 3.45. The van der Waals surface area contributed by atoms with Crippen molar-refractivity contribution in [1.82, 2.24) is 19.8 Å². The normalized spacial score (nSPS) is 10.5. The molecule has 2 aromatic rings. The molecule has 1 amide bonds. The quantitative estimate of drug-likeness (QED) is 0.569. The van der Waals surface area contributed by atoms with E-state index < -0.39 is 5.91 Å². The minimum absolute atomic E-state index is 0.0405. The van der Waals surface area contributed by atoms with Crippen molar-refractivity contribution in [3.8, 4) is 0 Å². The molecule has 0 saturated carbocycles. The first-order chi connectivity index (χ1) is 6.20. The van der Waals surface area contributed by atoms with E-state index in [-0.39, 0.29) is 17.0 Å². The van der Waals surface area contributed by atoms with E-state index in [1.54, 1.807) is 0 Å². The zero-order chi connectivity index (χ0) is 9.42. The van der Waals surface area contributed by atoms with Gasteiger partial charge in [0.2, 0.25) is 0 Å². The average Bonchev–Trinajstić information content (AvgIpc) is 2.39. The van der Waals surface area contributed by atoms with Crippen LogP contribution in [-0.4, -0.2) is 25.7 Å². The lowest BCUT2D eigenvalue weighted by molar-refractivity contribution is 0.100. The molecular formula is C6H6N6O. The molecule has 66 valence electrons. The number of hydrogen-bond acceptors (Lipinski definition) is 5. The molecule has 0 fully saturated rings. The second-order valence-electron chi connectivity index (χ2n) is 2.38. The Labute approximate surface area is 72.4 Å². The Morgan fingerprint density at radius 2 is 2.23 bits per heavy atom. The lowest BCUT2D eigenvalue weighted by Crippen LogP contribution is -2.13. The molecule has 7 nitrogen and oxygen atoms in total. The van der Waals surface area contributed by atoms with E-state index in [0.717, 1.165) is 4.63 Å². The first-order valence-electron chi connectivity index (χ1n) is 3.45. The fraction of sp³-hybridized carbons (Fsp3) is 0. The number of carbonyl (C=O) groups excluding carboxylic acids is 1. The summed E-state index contributed by atoms with van der Waals surface area (Å²) < 4.78 is 1.16. The highest BCUT2D eigenvalue weighted by molar-refractivity contribution is 6.02. The molecule has 0 radical (unpaired) electrons. The van der Waals surface area contributed by atoms with E-state index >= 15 is 0 Å². The van der Waals surface area contributed by atoms with Crippen molar-refractivity contribution in [1.29, 1.82) is 0 Å². The van der Waals surface area contributed by atoms with Crippen molar-refractivity contribution >= 4 is 17.4 Å². The largest absolute Gasteiger partial charge is 0.381 e. The maximum absolute atomic E-state index is 10.9. The van der Waals surface area contributed by atoms with Gasteiger partial charge >= 0.3 is 0 Å².